The molecule has 0 aromatic heterocycles. The van der Waals surface area contributed by atoms with Crippen LogP contribution >= 0.6 is 0 Å². The number of rotatable bonds is 6. The number of nitrogens with one attached hydrogen (secondary N) is 2. The quantitative estimate of drug-likeness (QED) is 0.750. The van der Waals surface area contributed by atoms with Crippen LogP contribution in [0.3, 0.4) is 0 Å². The van der Waals surface area contributed by atoms with Crippen molar-refractivity contribution in [2.45, 2.75) is 51.6 Å². The van der Waals surface area contributed by atoms with Crippen LogP contribution in [0.5, 0.6) is 0 Å². The van der Waals surface area contributed by atoms with Crippen LogP contribution in [0.15, 0.2) is 0 Å². The average molecular weight is 255 g/mol. The van der Waals surface area contributed by atoms with E-state index in [0.29, 0.717) is 24.4 Å². The van der Waals surface area contributed by atoms with Crippen molar-refractivity contribution in [1.29, 1.82) is 0 Å². The summed E-state index contributed by atoms with van der Waals surface area (Å²) in [5, 5.41) is 6.63. The van der Waals surface area contributed by atoms with Crippen molar-refractivity contribution in [1.82, 2.24) is 15.5 Å². The molecule has 0 spiro atoms. The summed E-state index contributed by atoms with van der Waals surface area (Å²) in [6, 6.07) is 0.826. The summed E-state index contributed by atoms with van der Waals surface area (Å²) in [7, 11) is 4.21. The second-order valence-corrected chi connectivity index (χ2v) is 6.15. The van der Waals surface area contributed by atoms with Gasteiger partial charge in [0.2, 0.25) is 5.91 Å². The van der Waals surface area contributed by atoms with Gasteiger partial charge in [-0.25, -0.2) is 0 Å². The molecule has 18 heavy (non-hydrogen) atoms. The second kappa shape index (κ2) is 7.74. The Hall–Kier alpha value is -0.610. The third-order valence-corrected chi connectivity index (χ3v) is 3.30. The number of hydrogen-bond donors (Lipinski definition) is 2. The lowest BCUT2D eigenvalue weighted by atomic mass is 10.0. The van der Waals surface area contributed by atoms with Gasteiger partial charge in [0, 0.05) is 31.6 Å². The van der Waals surface area contributed by atoms with E-state index in [4.69, 9.17) is 0 Å². The Kier molecular flexibility index (Phi) is 6.65. The van der Waals surface area contributed by atoms with Gasteiger partial charge in [-0.05, 0) is 39.3 Å². The molecule has 1 aliphatic rings. The molecular weight excluding hydrogens is 226 g/mol. The standard InChI is InChI=1S/C14H29N3O/c1-11(2)8-13(10-17(3)4)16-12-6-5-7-15-14(18)9-12/h11-13,16H,5-10H2,1-4H3,(H,15,18). The van der Waals surface area contributed by atoms with Crippen molar-refractivity contribution >= 4 is 5.91 Å². The third-order valence-electron chi connectivity index (χ3n) is 3.30. The van der Waals surface area contributed by atoms with E-state index in [1.165, 1.54) is 0 Å². The monoisotopic (exact) mass is 255 g/mol. The Morgan fingerprint density at radius 2 is 2.17 bits per heavy atom. The number of amides is 1. The molecule has 1 aliphatic heterocycles. The Morgan fingerprint density at radius 3 is 2.78 bits per heavy atom. The topological polar surface area (TPSA) is 44.4 Å². The highest BCUT2D eigenvalue weighted by Gasteiger charge is 2.21. The van der Waals surface area contributed by atoms with E-state index >= 15 is 0 Å². The predicted molar refractivity (Wildman–Crippen MR) is 75.6 cm³/mol. The fourth-order valence-electron chi connectivity index (χ4n) is 2.65. The molecule has 2 unspecified atom stereocenters. The fraction of sp³-hybridized carbons (Fsp3) is 0.929. The lowest BCUT2D eigenvalue weighted by Gasteiger charge is -2.28. The highest BCUT2D eigenvalue weighted by Crippen LogP contribution is 2.11. The van der Waals surface area contributed by atoms with Crippen molar-refractivity contribution < 1.29 is 4.79 Å². The lowest BCUT2D eigenvalue weighted by molar-refractivity contribution is -0.121. The highest BCUT2D eigenvalue weighted by atomic mass is 16.1. The lowest BCUT2D eigenvalue weighted by Crippen LogP contribution is -2.45. The first-order valence-corrected chi connectivity index (χ1v) is 7.15. The van der Waals surface area contributed by atoms with Crippen molar-refractivity contribution in [3.05, 3.63) is 0 Å². The van der Waals surface area contributed by atoms with E-state index in [1.54, 1.807) is 0 Å². The third kappa shape index (κ3) is 6.36. The molecule has 4 nitrogen and oxygen atoms in total. The average Bonchev–Trinajstić information content (AvgIpc) is 2.40. The first kappa shape index (κ1) is 15.4. The maximum Gasteiger partial charge on any atom is 0.221 e. The van der Waals surface area contributed by atoms with E-state index in [9.17, 15) is 4.79 Å². The highest BCUT2D eigenvalue weighted by molar-refractivity contribution is 5.76. The van der Waals surface area contributed by atoms with E-state index in [1.807, 2.05) is 0 Å². The van der Waals surface area contributed by atoms with Crippen molar-refractivity contribution in [2.75, 3.05) is 27.2 Å². The van der Waals surface area contributed by atoms with Crippen LogP contribution in [0.25, 0.3) is 0 Å². The van der Waals surface area contributed by atoms with Gasteiger partial charge in [0.05, 0.1) is 0 Å². The number of hydrogen-bond acceptors (Lipinski definition) is 3. The van der Waals surface area contributed by atoms with Gasteiger partial charge in [-0.3, -0.25) is 4.79 Å². The maximum atomic E-state index is 11.6. The molecule has 0 aliphatic carbocycles. The molecule has 0 bridgehead atoms. The van der Waals surface area contributed by atoms with Crippen LogP contribution in [0, 0.1) is 5.92 Å². The smallest absolute Gasteiger partial charge is 0.221 e. The minimum absolute atomic E-state index is 0.193. The molecule has 1 fully saturated rings. The molecule has 0 aromatic carbocycles. The molecule has 106 valence electrons. The van der Waals surface area contributed by atoms with Gasteiger partial charge in [-0.1, -0.05) is 13.8 Å². The minimum Gasteiger partial charge on any atom is -0.356 e. The first-order chi connectivity index (χ1) is 8.47. The number of nitrogens with zero attached hydrogens (tertiary/aromatic N) is 1. The molecule has 0 saturated carbocycles. The van der Waals surface area contributed by atoms with E-state index in [-0.39, 0.29) is 5.91 Å². The molecule has 2 atom stereocenters. The molecule has 1 rings (SSSR count). The Labute approximate surface area is 111 Å². The SMILES string of the molecule is CC(C)CC(CN(C)C)NC1CCCNC(=O)C1. The molecule has 1 saturated heterocycles. The molecule has 1 heterocycles. The van der Waals surface area contributed by atoms with Crippen LogP contribution in [0.4, 0.5) is 0 Å². The number of carbonyl (C=O) groups excluding carboxylic acids is 1. The first-order valence-electron chi connectivity index (χ1n) is 7.15. The van der Waals surface area contributed by atoms with Gasteiger partial charge in [0.15, 0.2) is 0 Å². The summed E-state index contributed by atoms with van der Waals surface area (Å²) in [6.07, 6.45) is 3.97. The van der Waals surface area contributed by atoms with E-state index in [0.717, 1.165) is 32.4 Å². The van der Waals surface area contributed by atoms with Crippen molar-refractivity contribution in [3.8, 4) is 0 Å². The van der Waals surface area contributed by atoms with E-state index in [2.05, 4.69) is 43.5 Å². The second-order valence-electron chi connectivity index (χ2n) is 6.15. The Morgan fingerprint density at radius 1 is 1.44 bits per heavy atom. The summed E-state index contributed by atoms with van der Waals surface area (Å²) in [5.41, 5.74) is 0. The summed E-state index contributed by atoms with van der Waals surface area (Å²) in [4.78, 5) is 13.8. The zero-order valence-corrected chi connectivity index (χ0v) is 12.3. The van der Waals surface area contributed by atoms with Gasteiger partial charge >= 0.3 is 0 Å². The Balaban J connectivity index is 2.49. The largest absolute Gasteiger partial charge is 0.356 e. The zero-order chi connectivity index (χ0) is 13.5. The van der Waals surface area contributed by atoms with Crippen molar-refractivity contribution in [2.24, 2.45) is 5.92 Å². The van der Waals surface area contributed by atoms with Gasteiger partial charge in [0.25, 0.3) is 0 Å². The predicted octanol–water partition coefficient (Wildman–Crippen LogP) is 1.22. The molecular formula is C14H29N3O. The zero-order valence-electron chi connectivity index (χ0n) is 12.3. The van der Waals surface area contributed by atoms with Gasteiger partial charge < -0.3 is 15.5 Å². The summed E-state index contributed by atoms with van der Waals surface area (Å²) in [5.74, 6) is 0.875. The number of likely N-dealkylation sites (N-methyl/N-ethyl adjacent to an activating group) is 1. The van der Waals surface area contributed by atoms with Gasteiger partial charge in [-0.2, -0.15) is 0 Å². The van der Waals surface area contributed by atoms with Crippen LogP contribution in [-0.2, 0) is 4.79 Å². The maximum absolute atomic E-state index is 11.6. The molecule has 0 aromatic rings. The Bertz CT molecular complexity index is 243. The molecule has 1 amide bonds. The van der Waals surface area contributed by atoms with Gasteiger partial charge in [0.1, 0.15) is 0 Å². The van der Waals surface area contributed by atoms with Crippen LogP contribution in [0.1, 0.15) is 39.5 Å². The van der Waals surface area contributed by atoms with Crippen LogP contribution in [-0.4, -0.2) is 50.1 Å². The molecule has 2 N–H and O–H groups in total. The van der Waals surface area contributed by atoms with E-state index < -0.39 is 0 Å². The normalized spacial score (nSPS) is 23.0. The molecule has 4 heteroatoms. The fourth-order valence-corrected chi connectivity index (χ4v) is 2.65. The molecule has 0 radical (unpaired) electrons. The minimum atomic E-state index is 0.193. The van der Waals surface area contributed by atoms with Crippen LogP contribution in [0.2, 0.25) is 0 Å². The summed E-state index contributed by atoms with van der Waals surface area (Å²) in [6.45, 7) is 6.38. The summed E-state index contributed by atoms with van der Waals surface area (Å²) < 4.78 is 0. The van der Waals surface area contributed by atoms with Gasteiger partial charge in [-0.15, -0.1) is 0 Å². The van der Waals surface area contributed by atoms with Crippen LogP contribution < -0.4 is 10.6 Å². The van der Waals surface area contributed by atoms with Crippen molar-refractivity contribution in [3.63, 3.8) is 0 Å². The summed E-state index contributed by atoms with van der Waals surface area (Å²) >= 11 is 0. The number of carbonyl (C=O) groups is 1.